The van der Waals surface area contributed by atoms with Gasteiger partial charge in [0.05, 0.1) is 11.7 Å². The number of hydrogen-bond donors (Lipinski definition) is 1. The molecule has 2 aromatic rings. The van der Waals surface area contributed by atoms with Gasteiger partial charge < -0.3 is 9.42 Å². The number of rotatable bonds is 3. The Labute approximate surface area is 157 Å². The van der Waals surface area contributed by atoms with Crippen LogP contribution in [0, 0.1) is 6.92 Å². The molecule has 0 radical (unpaired) electrons. The Morgan fingerprint density at radius 2 is 1.93 bits per heavy atom. The summed E-state index contributed by atoms with van der Waals surface area (Å²) in [6.07, 6.45) is 8.53. The van der Waals surface area contributed by atoms with Gasteiger partial charge in [-0.05, 0) is 32.6 Å². The Bertz CT molecular complexity index is 815. The number of anilines is 1. The van der Waals surface area contributed by atoms with Crippen LogP contribution in [0.15, 0.2) is 16.8 Å². The molecule has 9 nitrogen and oxygen atoms in total. The van der Waals surface area contributed by atoms with Gasteiger partial charge in [-0.15, -0.1) is 5.10 Å². The van der Waals surface area contributed by atoms with Crippen LogP contribution < -0.4 is 5.32 Å². The van der Waals surface area contributed by atoms with Crippen molar-refractivity contribution in [2.75, 3.05) is 18.4 Å². The Balaban J connectivity index is 1.30. The largest absolute Gasteiger partial charge is 0.360 e. The van der Waals surface area contributed by atoms with Crippen molar-refractivity contribution in [2.45, 2.75) is 57.4 Å². The lowest BCUT2D eigenvalue weighted by molar-refractivity contribution is -0.144. The quantitative estimate of drug-likeness (QED) is 0.827. The monoisotopic (exact) mass is 372 g/mol. The van der Waals surface area contributed by atoms with Crippen molar-refractivity contribution < 1.29 is 14.1 Å². The molecular formula is C18H24N6O3. The summed E-state index contributed by atoms with van der Waals surface area (Å²) in [6, 6.07) is 1.79. The Kier molecular flexibility index (Phi) is 4.91. The fraction of sp³-hybridized carbons (Fsp3) is 0.611. The molecule has 2 aromatic heterocycles. The number of carbonyl (C=O) groups excluding carboxylic acids is 2. The molecule has 2 fully saturated rings. The number of piperidine rings is 1. The topological polar surface area (TPSA) is 106 Å². The summed E-state index contributed by atoms with van der Waals surface area (Å²) >= 11 is 0. The smallest absolute Gasteiger partial charge is 0.315 e. The maximum Gasteiger partial charge on any atom is 0.315 e. The van der Waals surface area contributed by atoms with E-state index in [2.05, 4.69) is 27.0 Å². The lowest BCUT2D eigenvalue weighted by Gasteiger charge is -2.31. The van der Waals surface area contributed by atoms with E-state index >= 15 is 0 Å². The molecule has 1 saturated heterocycles. The number of aromatic nitrogens is 4. The first-order chi connectivity index (χ1) is 13.1. The second kappa shape index (κ2) is 7.50. The van der Waals surface area contributed by atoms with Crippen LogP contribution in [-0.4, -0.2) is 50.0 Å². The predicted octanol–water partition coefficient (Wildman–Crippen LogP) is 2.03. The highest BCUT2D eigenvalue weighted by atomic mass is 16.5. The van der Waals surface area contributed by atoms with Crippen LogP contribution in [-0.2, 0) is 9.59 Å². The standard InChI is InChI=1S/C18H24N6O3/c1-12-10-16(21-27-12)19-17(25)18(26)23-8-6-14(7-9-23)24-11-15(20-22-24)13-4-2-3-5-13/h10-11,13-14H,2-9H2,1H3,(H,19,21,25). The number of hydrogen-bond acceptors (Lipinski definition) is 6. The van der Waals surface area contributed by atoms with Crippen LogP contribution in [0.5, 0.6) is 0 Å². The van der Waals surface area contributed by atoms with Crippen molar-refractivity contribution in [3.63, 3.8) is 0 Å². The molecule has 1 aliphatic heterocycles. The third-order valence-corrected chi connectivity index (χ3v) is 5.49. The SMILES string of the molecule is Cc1cc(NC(=O)C(=O)N2CCC(n3cc(C4CCCC4)nn3)CC2)no1. The maximum absolute atomic E-state index is 12.4. The van der Waals surface area contributed by atoms with Crippen molar-refractivity contribution in [3.8, 4) is 0 Å². The molecular weight excluding hydrogens is 348 g/mol. The average Bonchev–Trinajstić information content (AvgIpc) is 3.43. The number of nitrogens with one attached hydrogen (secondary N) is 1. The Morgan fingerprint density at radius 3 is 2.59 bits per heavy atom. The molecule has 0 atom stereocenters. The van der Waals surface area contributed by atoms with Gasteiger partial charge in [0.25, 0.3) is 0 Å². The van der Waals surface area contributed by atoms with Gasteiger partial charge in [0.15, 0.2) is 5.82 Å². The molecule has 1 saturated carbocycles. The van der Waals surface area contributed by atoms with Gasteiger partial charge >= 0.3 is 11.8 Å². The molecule has 0 spiro atoms. The number of carbonyl (C=O) groups is 2. The second-order valence-electron chi connectivity index (χ2n) is 7.41. The first kappa shape index (κ1) is 17.7. The average molecular weight is 372 g/mol. The van der Waals surface area contributed by atoms with Crippen molar-refractivity contribution in [1.29, 1.82) is 0 Å². The summed E-state index contributed by atoms with van der Waals surface area (Å²) < 4.78 is 6.83. The number of aryl methyl sites for hydroxylation is 1. The molecule has 2 amide bonds. The van der Waals surface area contributed by atoms with Gasteiger partial charge in [-0.2, -0.15) is 0 Å². The van der Waals surface area contributed by atoms with Crippen LogP contribution in [0.2, 0.25) is 0 Å². The lowest BCUT2D eigenvalue weighted by atomic mass is 10.0. The van der Waals surface area contributed by atoms with Crippen LogP contribution in [0.1, 0.15) is 61.9 Å². The summed E-state index contributed by atoms with van der Waals surface area (Å²) in [5, 5.41) is 14.8. The van der Waals surface area contributed by atoms with Crippen LogP contribution in [0.3, 0.4) is 0 Å². The van der Waals surface area contributed by atoms with E-state index in [4.69, 9.17) is 4.52 Å². The zero-order valence-electron chi connectivity index (χ0n) is 15.4. The molecule has 0 bridgehead atoms. The minimum atomic E-state index is -0.689. The van der Waals surface area contributed by atoms with E-state index in [1.54, 1.807) is 17.9 Å². The zero-order chi connectivity index (χ0) is 18.8. The second-order valence-corrected chi connectivity index (χ2v) is 7.41. The van der Waals surface area contributed by atoms with Gasteiger partial charge in [0.2, 0.25) is 0 Å². The zero-order valence-corrected chi connectivity index (χ0v) is 15.4. The summed E-state index contributed by atoms with van der Waals surface area (Å²) in [5.41, 5.74) is 1.09. The van der Waals surface area contributed by atoms with Crippen LogP contribution in [0.4, 0.5) is 5.82 Å². The molecule has 0 aromatic carbocycles. The Morgan fingerprint density at radius 1 is 1.19 bits per heavy atom. The fourth-order valence-electron chi connectivity index (χ4n) is 3.95. The highest BCUT2D eigenvalue weighted by Gasteiger charge is 2.29. The molecule has 27 heavy (non-hydrogen) atoms. The predicted molar refractivity (Wildman–Crippen MR) is 96.0 cm³/mol. The summed E-state index contributed by atoms with van der Waals surface area (Å²) in [7, 11) is 0. The van der Waals surface area contributed by atoms with E-state index in [0.717, 1.165) is 18.5 Å². The molecule has 144 valence electrons. The normalized spacial score (nSPS) is 18.8. The van der Waals surface area contributed by atoms with E-state index in [0.29, 0.717) is 24.8 Å². The number of nitrogens with zero attached hydrogens (tertiary/aromatic N) is 5. The summed E-state index contributed by atoms with van der Waals surface area (Å²) in [6.45, 7) is 2.76. The summed E-state index contributed by atoms with van der Waals surface area (Å²) in [4.78, 5) is 26.0. The summed E-state index contributed by atoms with van der Waals surface area (Å²) in [5.74, 6) is 0.140. The van der Waals surface area contributed by atoms with E-state index in [1.165, 1.54) is 25.7 Å². The third kappa shape index (κ3) is 3.86. The van der Waals surface area contributed by atoms with Crippen molar-refractivity contribution >= 4 is 17.6 Å². The lowest BCUT2D eigenvalue weighted by Crippen LogP contribution is -2.44. The minimum absolute atomic E-state index is 0.220. The molecule has 3 heterocycles. The van der Waals surface area contributed by atoms with Gasteiger partial charge in [-0.25, -0.2) is 4.68 Å². The Hall–Kier alpha value is -2.71. The first-order valence-corrected chi connectivity index (χ1v) is 9.55. The molecule has 0 unspecified atom stereocenters. The minimum Gasteiger partial charge on any atom is -0.360 e. The van der Waals surface area contributed by atoms with Crippen molar-refractivity contribution in [2.24, 2.45) is 0 Å². The fourth-order valence-corrected chi connectivity index (χ4v) is 3.95. The van der Waals surface area contributed by atoms with Gasteiger partial charge in [0.1, 0.15) is 5.76 Å². The van der Waals surface area contributed by atoms with E-state index < -0.39 is 11.8 Å². The molecule has 1 N–H and O–H groups in total. The maximum atomic E-state index is 12.4. The van der Waals surface area contributed by atoms with Crippen LogP contribution in [0.25, 0.3) is 0 Å². The molecule has 4 rings (SSSR count). The first-order valence-electron chi connectivity index (χ1n) is 9.55. The third-order valence-electron chi connectivity index (χ3n) is 5.49. The molecule has 9 heteroatoms. The molecule has 2 aliphatic rings. The van der Waals surface area contributed by atoms with Crippen molar-refractivity contribution in [1.82, 2.24) is 25.1 Å². The van der Waals surface area contributed by atoms with E-state index in [-0.39, 0.29) is 11.9 Å². The highest BCUT2D eigenvalue weighted by Crippen LogP contribution is 2.33. The van der Waals surface area contributed by atoms with E-state index in [9.17, 15) is 9.59 Å². The number of likely N-dealkylation sites (tertiary alicyclic amines) is 1. The number of amides is 2. The van der Waals surface area contributed by atoms with Gasteiger partial charge in [-0.1, -0.05) is 23.2 Å². The molecule has 1 aliphatic carbocycles. The van der Waals surface area contributed by atoms with Gasteiger partial charge in [-0.3, -0.25) is 14.9 Å². The highest BCUT2D eigenvalue weighted by molar-refractivity contribution is 6.39. The van der Waals surface area contributed by atoms with Crippen molar-refractivity contribution in [3.05, 3.63) is 23.7 Å². The van der Waals surface area contributed by atoms with E-state index in [1.807, 2.05) is 4.68 Å². The van der Waals surface area contributed by atoms with Gasteiger partial charge in [0, 0.05) is 31.3 Å². The van der Waals surface area contributed by atoms with Crippen LogP contribution >= 0.6 is 0 Å².